The van der Waals surface area contributed by atoms with Crippen LogP contribution < -0.4 is 5.32 Å². The summed E-state index contributed by atoms with van der Waals surface area (Å²) in [5.41, 5.74) is 3.70. The third kappa shape index (κ3) is 3.73. The second-order valence-corrected chi connectivity index (χ2v) is 9.81. The smallest absolute Gasteiger partial charge is 0.407 e. The van der Waals surface area contributed by atoms with Crippen LogP contribution in [0.4, 0.5) is 4.79 Å². The number of hydrogen-bond acceptors (Lipinski definition) is 4. The molecule has 0 bridgehead atoms. The first-order valence-corrected chi connectivity index (χ1v) is 12.0. The van der Waals surface area contributed by atoms with Gasteiger partial charge in [0.05, 0.1) is 5.41 Å². The maximum atomic E-state index is 13.0. The highest BCUT2D eigenvalue weighted by Gasteiger charge is 2.54. The Hall–Kier alpha value is -3.35. The molecule has 3 aliphatic rings. The number of nitrogens with one attached hydrogen (secondary N) is 1. The topological polar surface area (TPSA) is 95.9 Å². The molecule has 2 unspecified atom stereocenters. The quantitative estimate of drug-likeness (QED) is 0.700. The van der Waals surface area contributed by atoms with Crippen molar-refractivity contribution in [1.82, 2.24) is 10.2 Å². The highest BCUT2D eigenvalue weighted by molar-refractivity contribution is 5.87. The zero-order valence-corrected chi connectivity index (χ0v) is 19.3. The van der Waals surface area contributed by atoms with Crippen molar-refractivity contribution >= 4 is 18.0 Å². The van der Waals surface area contributed by atoms with E-state index >= 15 is 0 Å². The minimum Gasteiger partial charge on any atom is -0.481 e. The molecule has 0 radical (unpaired) electrons. The third-order valence-corrected chi connectivity index (χ3v) is 7.91. The monoisotopic (exact) mass is 462 g/mol. The van der Waals surface area contributed by atoms with E-state index in [9.17, 15) is 19.5 Å². The molecule has 1 saturated heterocycles. The summed E-state index contributed by atoms with van der Waals surface area (Å²) in [5, 5.41) is 12.5. The molecule has 7 heteroatoms. The predicted octanol–water partition coefficient (Wildman–Crippen LogP) is 4.02. The molecule has 1 saturated carbocycles. The van der Waals surface area contributed by atoms with E-state index in [1.807, 2.05) is 24.3 Å². The molecule has 1 aliphatic heterocycles. The number of amides is 2. The number of ether oxygens (including phenoxy) is 1. The molecule has 2 amide bonds. The van der Waals surface area contributed by atoms with Crippen molar-refractivity contribution < 1.29 is 24.2 Å². The molecule has 7 nitrogen and oxygen atoms in total. The molecule has 2 aromatic carbocycles. The van der Waals surface area contributed by atoms with Crippen LogP contribution >= 0.6 is 0 Å². The predicted molar refractivity (Wildman–Crippen MR) is 126 cm³/mol. The number of fused-ring (bicyclic) bond motifs is 4. The summed E-state index contributed by atoms with van der Waals surface area (Å²) in [5.74, 6) is -1.15. The molecule has 2 aromatic rings. The van der Waals surface area contributed by atoms with Crippen LogP contribution in [0.5, 0.6) is 0 Å². The van der Waals surface area contributed by atoms with Crippen LogP contribution in [0.2, 0.25) is 0 Å². The average Bonchev–Trinajstić information content (AvgIpc) is 3.39. The maximum absolute atomic E-state index is 13.0. The highest BCUT2D eigenvalue weighted by atomic mass is 16.5. The summed E-state index contributed by atoms with van der Waals surface area (Å²) >= 11 is 0. The Morgan fingerprint density at radius 3 is 2.35 bits per heavy atom. The fraction of sp³-hybridized carbons (Fsp3) is 0.444. The molecular formula is C27H30N2O5. The highest BCUT2D eigenvalue weighted by Crippen LogP contribution is 2.47. The van der Waals surface area contributed by atoms with Gasteiger partial charge in [-0.1, -0.05) is 61.4 Å². The Balaban J connectivity index is 1.20. The zero-order valence-electron chi connectivity index (χ0n) is 19.3. The molecule has 2 fully saturated rings. The van der Waals surface area contributed by atoms with Crippen molar-refractivity contribution in [2.24, 2.45) is 11.3 Å². The maximum Gasteiger partial charge on any atom is 0.407 e. The van der Waals surface area contributed by atoms with Gasteiger partial charge in [0.15, 0.2) is 0 Å². The number of likely N-dealkylation sites (tertiary alicyclic amines) is 1. The molecule has 3 atom stereocenters. The first-order valence-electron chi connectivity index (χ1n) is 12.0. The lowest BCUT2D eigenvalue weighted by molar-refractivity contribution is -0.152. The Morgan fingerprint density at radius 2 is 1.74 bits per heavy atom. The average molecular weight is 463 g/mol. The van der Waals surface area contributed by atoms with Gasteiger partial charge in [-0.3, -0.25) is 9.59 Å². The molecule has 5 rings (SSSR count). The van der Waals surface area contributed by atoms with Crippen molar-refractivity contribution in [3.05, 3.63) is 59.7 Å². The van der Waals surface area contributed by atoms with Crippen LogP contribution in [0.25, 0.3) is 11.1 Å². The number of hydrogen-bond donors (Lipinski definition) is 2. The summed E-state index contributed by atoms with van der Waals surface area (Å²) in [4.78, 5) is 39.3. The van der Waals surface area contributed by atoms with Gasteiger partial charge in [-0.05, 0) is 47.9 Å². The van der Waals surface area contributed by atoms with Crippen LogP contribution in [0.15, 0.2) is 48.5 Å². The minimum absolute atomic E-state index is 0.0237. The summed E-state index contributed by atoms with van der Waals surface area (Å²) in [7, 11) is 0. The zero-order chi connectivity index (χ0) is 23.9. The number of nitrogens with zero attached hydrogens (tertiary/aromatic N) is 1. The van der Waals surface area contributed by atoms with E-state index in [0.29, 0.717) is 13.0 Å². The van der Waals surface area contributed by atoms with Crippen LogP contribution in [-0.2, 0) is 14.3 Å². The van der Waals surface area contributed by atoms with Gasteiger partial charge in [0.2, 0.25) is 5.91 Å². The van der Waals surface area contributed by atoms with Crippen molar-refractivity contribution in [3.8, 4) is 11.1 Å². The van der Waals surface area contributed by atoms with E-state index in [1.54, 1.807) is 11.8 Å². The van der Waals surface area contributed by atoms with Gasteiger partial charge in [-0.2, -0.15) is 0 Å². The number of carboxylic acids is 1. The lowest BCUT2D eigenvalue weighted by Crippen LogP contribution is -2.47. The van der Waals surface area contributed by atoms with Crippen LogP contribution in [0, 0.1) is 11.3 Å². The number of carbonyl (C=O) groups excluding carboxylic acids is 2. The Morgan fingerprint density at radius 1 is 1.09 bits per heavy atom. The van der Waals surface area contributed by atoms with Crippen molar-refractivity contribution in [3.63, 3.8) is 0 Å². The fourth-order valence-corrected chi connectivity index (χ4v) is 6.13. The standard InChI is InChI=1S/C27H30N2O5/c1-17(24(30)29-14-18-8-6-7-13-27(18,16-29)25(31)32)28-26(33)34-15-23-21-11-4-2-9-19(21)20-10-3-5-12-22(20)23/h2-5,9-12,17-18,23H,6-8,13-16H2,1H3,(H,28,33)(H,31,32)/t17-,18?,27?/m1/s1. The van der Waals surface area contributed by atoms with Gasteiger partial charge in [-0.25, -0.2) is 4.79 Å². The number of carboxylic acid groups (broad SMARTS) is 1. The minimum atomic E-state index is -0.850. The molecule has 0 aromatic heterocycles. The fourth-order valence-electron chi connectivity index (χ4n) is 6.13. The second-order valence-electron chi connectivity index (χ2n) is 9.81. The first-order chi connectivity index (χ1) is 16.4. The van der Waals surface area contributed by atoms with E-state index in [0.717, 1.165) is 41.5 Å². The normalized spacial score (nSPS) is 24.0. The molecule has 0 spiro atoms. The summed E-state index contributed by atoms with van der Waals surface area (Å²) in [6, 6.07) is 15.4. The van der Waals surface area contributed by atoms with Gasteiger partial charge in [0.1, 0.15) is 12.6 Å². The van der Waals surface area contributed by atoms with E-state index in [-0.39, 0.29) is 30.9 Å². The molecule has 34 heavy (non-hydrogen) atoms. The van der Waals surface area contributed by atoms with Crippen molar-refractivity contribution in [2.75, 3.05) is 19.7 Å². The molecule has 2 aliphatic carbocycles. The summed E-state index contributed by atoms with van der Waals surface area (Å²) in [6.07, 6.45) is 2.65. The lowest BCUT2D eigenvalue weighted by Gasteiger charge is -2.34. The first kappa shape index (κ1) is 22.4. The van der Waals surface area contributed by atoms with E-state index in [2.05, 4.69) is 29.6 Å². The van der Waals surface area contributed by atoms with Gasteiger partial charge in [-0.15, -0.1) is 0 Å². The molecule has 1 heterocycles. The number of rotatable bonds is 5. The van der Waals surface area contributed by atoms with Crippen LogP contribution in [-0.4, -0.2) is 53.7 Å². The molecule has 178 valence electrons. The number of aliphatic carboxylic acids is 1. The summed E-state index contributed by atoms with van der Waals surface area (Å²) < 4.78 is 5.56. The van der Waals surface area contributed by atoms with Gasteiger partial charge in [0, 0.05) is 19.0 Å². The summed E-state index contributed by atoms with van der Waals surface area (Å²) in [6.45, 7) is 2.44. The number of benzene rings is 2. The van der Waals surface area contributed by atoms with E-state index < -0.39 is 23.5 Å². The largest absolute Gasteiger partial charge is 0.481 e. The van der Waals surface area contributed by atoms with Crippen LogP contribution in [0.3, 0.4) is 0 Å². The van der Waals surface area contributed by atoms with Crippen molar-refractivity contribution in [2.45, 2.75) is 44.6 Å². The SMILES string of the molecule is C[C@@H](NC(=O)OCC1c2ccccc2-c2ccccc21)C(=O)N1CC2CCCCC2(C(=O)O)C1. The molecule has 2 N–H and O–H groups in total. The van der Waals surface area contributed by atoms with E-state index in [1.165, 1.54) is 0 Å². The Kier molecular flexibility index (Phi) is 5.80. The lowest BCUT2D eigenvalue weighted by atomic mass is 9.68. The second kappa shape index (κ2) is 8.78. The Bertz CT molecular complexity index is 1090. The van der Waals surface area contributed by atoms with Gasteiger partial charge < -0.3 is 20.1 Å². The van der Waals surface area contributed by atoms with Gasteiger partial charge >= 0.3 is 12.1 Å². The van der Waals surface area contributed by atoms with Crippen molar-refractivity contribution in [1.29, 1.82) is 0 Å². The Labute approximate surface area is 199 Å². The number of alkyl carbamates (subject to hydrolysis) is 1. The number of carbonyl (C=O) groups is 3. The van der Waals surface area contributed by atoms with Gasteiger partial charge in [0.25, 0.3) is 0 Å². The van der Waals surface area contributed by atoms with E-state index in [4.69, 9.17) is 4.74 Å². The van der Waals surface area contributed by atoms with Crippen LogP contribution in [0.1, 0.15) is 49.7 Å². The third-order valence-electron chi connectivity index (χ3n) is 7.91. The molecular weight excluding hydrogens is 432 g/mol.